The first-order chi connectivity index (χ1) is 9.04. The lowest BCUT2D eigenvalue weighted by atomic mass is 9.91. The highest BCUT2D eigenvalue weighted by atomic mass is 127. The topological polar surface area (TPSA) is 37.4 Å². The number of hydrogen-bond acceptors (Lipinski definition) is 2. The van der Waals surface area contributed by atoms with Crippen LogP contribution in [0.3, 0.4) is 0 Å². The molecule has 0 bridgehead atoms. The van der Waals surface area contributed by atoms with Crippen molar-refractivity contribution in [2.45, 2.75) is 33.1 Å². The third-order valence-electron chi connectivity index (χ3n) is 3.64. The van der Waals surface area contributed by atoms with Crippen molar-refractivity contribution >= 4 is 40.0 Å². The summed E-state index contributed by atoms with van der Waals surface area (Å²) in [5.74, 6) is -0.396. The molecule has 0 aromatic heterocycles. The predicted octanol–water partition coefficient (Wildman–Crippen LogP) is 3.32. The summed E-state index contributed by atoms with van der Waals surface area (Å²) in [7, 11) is 0. The van der Waals surface area contributed by atoms with Crippen LogP contribution in [0.15, 0.2) is 18.2 Å². The van der Waals surface area contributed by atoms with E-state index in [-0.39, 0.29) is 11.7 Å². The molecule has 1 saturated heterocycles. The quantitative estimate of drug-likeness (QED) is 0.604. The molecule has 0 aliphatic carbocycles. The summed E-state index contributed by atoms with van der Waals surface area (Å²) < 4.78 is 1.15. The number of halogens is 1. The van der Waals surface area contributed by atoms with Gasteiger partial charge in [-0.3, -0.25) is 9.59 Å². The van der Waals surface area contributed by atoms with E-state index in [1.807, 2.05) is 32.0 Å². The Morgan fingerprint density at radius 3 is 2.84 bits per heavy atom. The van der Waals surface area contributed by atoms with Gasteiger partial charge in [0.1, 0.15) is 5.78 Å². The first-order valence-corrected chi connectivity index (χ1v) is 7.72. The first-order valence-electron chi connectivity index (χ1n) is 6.64. The molecule has 3 nitrogen and oxygen atoms in total. The van der Waals surface area contributed by atoms with Gasteiger partial charge in [-0.1, -0.05) is 13.0 Å². The monoisotopic (exact) mass is 371 g/mol. The number of Topliss-reactive ketones (excluding diaryl/α,β-unsaturated/α-hetero) is 1. The van der Waals surface area contributed by atoms with Gasteiger partial charge < -0.3 is 4.90 Å². The molecule has 1 aromatic carbocycles. The first kappa shape index (κ1) is 14.5. The van der Waals surface area contributed by atoms with Crippen molar-refractivity contribution in [2.75, 3.05) is 11.4 Å². The van der Waals surface area contributed by atoms with Crippen molar-refractivity contribution in [3.8, 4) is 0 Å². The third-order valence-corrected chi connectivity index (χ3v) is 4.81. The summed E-state index contributed by atoms with van der Waals surface area (Å²) in [6, 6.07) is 6.01. The fourth-order valence-corrected chi connectivity index (χ4v) is 2.93. The van der Waals surface area contributed by atoms with E-state index in [2.05, 4.69) is 22.6 Å². The van der Waals surface area contributed by atoms with Gasteiger partial charge in [0.05, 0.1) is 5.92 Å². The van der Waals surface area contributed by atoms with E-state index in [0.717, 1.165) is 15.7 Å². The molecule has 2 rings (SSSR count). The second-order valence-corrected chi connectivity index (χ2v) is 6.10. The molecule has 1 heterocycles. The number of carbonyl (C=O) groups is 2. The lowest BCUT2D eigenvalue weighted by Crippen LogP contribution is -2.44. The van der Waals surface area contributed by atoms with Gasteiger partial charge in [-0.05, 0) is 60.1 Å². The van der Waals surface area contributed by atoms with Crippen LogP contribution < -0.4 is 4.90 Å². The minimum atomic E-state index is -0.433. The minimum absolute atomic E-state index is 0.0299. The number of ketones is 1. The van der Waals surface area contributed by atoms with Crippen LogP contribution in [0.1, 0.15) is 31.7 Å². The molecule has 0 unspecified atom stereocenters. The summed E-state index contributed by atoms with van der Waals surface area (Å²) in [4.78, 5) is 26.0. The number of aryl methyl sites for hydroxylation is 1. The zero-order valence-corrected chi connectivity index (χ0v) is 13.4. The van der Waals surface area contributed by atoms with Crippen molar-refractivity contribution < 1.29 is 9.59 Å². The van der Waals surface area contributed by atoms with Gasteiger partial charge in [0, 0.05) is 22.2 Å². The van der Waals surface area contributed by atoms with Crippen LogP contribution >= 0.6 is 22.6 Å². The number of anilines is 1. The normalized spacial score (nSPS) is 19.6. The van der Waals surface area contributed by atoms with Crippen LogP contribution in [0.25, 0.3) is 0 Å². The van der Waals surface area contributed by atoms with Crippen LogP contribution in [0, 0.1) is 16.4 Å². The molecule has 1 atom stereocenters. The molecule has 1 aromatic rings. The van der Waals surface area contributed by atoms with Crippen molar-refractivity contribution in [3.05, 3.63) is 27.3 Å². The fraction of sp³-hybridized carbons (Fsp3) is 0.467. The third kappa shape index (κ3) is 2.99. The molecular weight excluding hydrogens is 353 g/mol. The van der Waals surface area contributed by atoms with Gasteiger partial charge in [0.15, 0.2) is 0 Å². The molecular formula is C15H18INO2. The summed E-state index contributed by atoms with van der Waals surface area (Å²) in [6.07, 6.45) is 2.03. The Hall–Kier alpha value is -0.910. The smallest absolute Gasteiger partial charge is 0.237 e. The Morgan fingerprint density at radius 2 is 2.21 bits per heavy atom. The Balaban J connectivity index is 2.26. The van der Waals surface area contributed by atoms with Crippen molar-refractivity contribution in [3.63, 3.8) is 0 Å². The van der Waals surface area contributed by atoms with Crippen LogP contribution in [-0.4, -0.2) is 18.2 Å². The SMILES string of the molecule is CCC(=O)[C@H]1CCCN(c2ccc(C)c(I)c2)C1=O. The molecule has 1 aliphatic rings. The van der Waals surface area contributed by atoms with Gasteiger partial charge >= 0.3 is 0 Å². The summed E-state index contributed by atoms with van der Waals surface area (Å²) in [5.41, 5.74) is 2.11. The molecule has 0 N–H and O–H groups in total. The highest BCUT2D eigenvalue weighted by Crippen LogP contribution is 2.27. The number of piperidine rings is 1. The Kier molecular flexibility index (Phi) is 4.60. The molecule has 0 spiro atoms. The Morgan fingerprint density at radius 1 is 1.47 bits per heavy atom. The molecule has 19 heavy (non-hydrogen) atoms. The molecule has 0 radical (unpaired) electrons. The molecule has 1 amide bonds. The largest absolute Gasteiger partial charge is 0.312 e. The molecule has 0 saturated carbocycles. The summed E-state index contributed by atoms with van der Waals surface area (Å²) >= 11 is 2.27. The van der Waals surface area contributed by atoms with E-state index < -0.39 is 5.92 Å². The van der Waals surface area contributed by atoms with Gasteiger partial charge in [0.2, 0.25) is 5.91 Å². The minimum Gasteiger partial charge on any atom is -0.312 e. The highest BCUT2D eigenvalue weighted by Gasteiger charge is 2.33. The zero-order valence-electron chi connectivity index (χ0n) is 11.3. The highest BCUT2D eigenvalue weighted by molar-refractivity contribution is 14.1. The fourth-order valence-electron chi connectivity index (χ4n) is 2.43. The molecule has 102 valence electrons. The molecule has 4 heteroatoms. The molecule has 1 fully saturated rings. The van der Waals surface area contributed by atoms with E-state index in [4.69, 9.17) is 0 Å². The predicted molar refractivity (Wildman–Crippen MR) is 84.3 cm³/mol. The summed E-state index contributed by atoms with van der Waals surface area (Å²) in [5, 5.41) is 0. The lowest BCUT2D eigenvalue weighted by Gasteiger charge is -2.31. The van der Waals surface area contributed by atoms with Gasteiger partial charge in [-0.2, -0.15) is 0 Å². The maximum atomic E-state index is 12.4. The van der Waals surface area contributed by atoms with Gasteiger partial charge in [-0.25, -0.2) is 0 Å². The zero-order chi connectivity index (χ0) is 14.0. The van der Waals surface area contributed by atoms with E-state index >= 15 is 0 Å². The van der Waals surface area contributed by atoms with E-state index in [1.54, 1.807) is 4.90 Å². The average Bonchev–Trinajstić information content (AvgIpc) is 2.41. The van der Waals surface area contributed by atoms with Crippen LogP contribution in [0.4, 0.5) is 5.69 Å². The number of rotatable bonds is 3. The van der Waals surface area contributed by atoms with Crippen molar-refractivity contribution in [2.24, 2.45) is 5.92 Å². The average molecular weight is 371 g/mol. The second kappa shape index (κ2) is 6.03. The maximum absolute atomic E-state index is 12.4. The van der Waals surface area contributed by atoms with Crippen molar-refractivity contribution in [1.82, 2.24) is 0 Å². The summed E-state index contributed by atoms with van der Waals surface area (Å²) in [6.45, 7) is 4.59. The van der Waals surface area contributed by atoms with Crippen LogP contribution in [-0.2, 0) is 9.59 Å². The Bertz CT molecular complexity index is 513. The number of benzene rings is 1. The number of nitrogens with zero attached hydrogens (tertiary/aromatic N) is 1. The van der Waals surface area contributed by atoms with E-state index in [1.165, 1.54) is 5.56 Å². The number of carbonyl (C=O) groups excluding carboxylic acids is 2. The van der Waals surface area contributed by atoms with Gasteiger partial charge in [-0.15, -0.1) is 0 Å². The van der Waals surface area contributed by atoms with Crippen LogP contribution in [0.2, 0.25) is 0 Å². The van der Waals surface area contributed by atoms with Crippen LogP contribution in [0.5, 0.6) is 0 Å². The second-order valence-electron chi connectivity index (χ2n) is 4.94. The molecule has 1 aliphatic heterocycles. The number of hydrogen-bond donors (Lipinski definition) is 0. The standard InChI is InChI=1S/C15H18INO2/c1-3-14(18)12-5-4-8-17(15(12)19)11-7-6-10(2)13(16)9-11/h6-7,9,12H,3-5,8H2,1-2H3/t12-/m1/s1. The number of amides is 1. The van der Waals surface area contributed by atoms with Crippen molar-refractivity contribution in [1.29, 1.82) is 0 Å². The van der Waals surface area contributed by atoms with E-state index in [9.17, 15) is 9.59 Å². The maximum Gasteiger partial charge on any atom is 0.237 e. The lowest BCUT2D eigenvalue weighted by molar-refractivity contribution is -0.133. The van der Waals surface area contributed by atoms with E-state index in [0.29, 0.717) is 19.4 Å². The van der Waals surface area contributed by atoms with Gasteiger partial charge in [0.25, 0.3) is 0 Å². The Labute approximate surface area is 127 Å².